The highest BCUT2D eigenvalue weighted by Gasteiger charge is 2.49. The number of fused-ring (bicyclic) bond motifs is 1. The molecule has 26 heavy (non-hydrogen) atoms. The molecule has 142 valence electrons. The first-order valence-electron chi connectivity index (χ1n) is 9.12. The number of anilines is 1. The highest BCUT2D eigenvalue weighted by molar-refractivity contribution is 8.16. The van der Waals surface area contributed by atoms with E-state index in [1.807, 2.05) is 50.8 Å². The van der Waals surface area contributed by atoms with E-state index in [1.165, 1.54) is 11.8 Å². The van der Waals surface area contributed by atoms with Gasteiger partial charge in [-0.1, -0.05) is 37.7 Å². The minimum atomic E-state index is -3.05. The van der Waals surface area contributed by atoms with Gasteiger partial charge in [-0.15, -0.1) is 0 Å². The van der Waals surface area contributed by atoms with E-state index in [1.54, 1.807) is 0 Å². The molecule has 0 N–H and O–H groups in total. The van der Waals surface area contributed by atoms with Gasteiger partial charge in [0.15, 0.2) is 15.0 Å². The van der Waals surface area contributed by atoms with E-state index in [9.17, 15) is 13.2 Å². The second-order valence-electron chi connectivity index (χ2n) is 7.14. The van der Waals surface area contributed by atoms with Gasteiger partial charge in [0, 0.05) is 16.9 Å². The molecule has 1 aromatic rings. The third-order valence-corrected chi connectivity index (χ3v) is 8.65. The molecule has 0 bridgehead atoms. The second kappa shape index (κ2) is 7.35. The Labute approximate surface area is 160 Å². The predicted molar refractivity (Wildman–Crippen MR) is 109 cm³/mol. The molecule has 5 nitrogen and oxygen atoms in total. The Morgan fingerprint density at radius 3 is 2.62 bits per heavy atom. The van der Waals surface area contributed by atoms with Crippen molar-refractivity contribution in [1.82, 2.24) is 0 Å². The molecule has 2 heterocycles. The first-order valence-corrected chi connectivity index (χ1v) is 11.8. The number of amides is 1. The molecule has 2 fully saturated rings. The van der Waals surface area contributed by atoms with Crippen molar-refractivity contribution in [3.63, 3.8) is 0 Å². The average Bonchev–Trinajstić information content (AvgIpc) is 3.02. The van der Waals surface area contributed by atoms with Crippen LogP contribution in [0.4, 0.5) is 5.69 Å². The Morgan fingerprint density at radius 2 is 1.96 bits per heavy atom. The van der Waals surface area contributed by atoms with E-state index in [0.717, 1.165) is 29.7 Å². The van der Waals surface area contributed by atoms with Crippen molar-refractivity contribution in [2.75, 3.05) is 16.4 Å². The quantitative estimate of drug-likeness (QED) is 0.783. The van der Waals surface area contributed by atoms with Crippen LogP contribution in [0.15, 0.2) is 23.2 Å². The summed E-state index contributed by atoms with van der Waals surface area (Å²) in [5, 5.41) is 0.591. The number of amidine groups is 1. The summed E-state index contributed by atoms with van der Waals surface area (Å²) in [6.07, 6.45) is 1.53. The number of hydrogen-bond acceptors (Lipinski definition) is 4. The summed E-state index contributed by atoms with van der Waals surface area (Å²) in [7, 11) is -3.05. The maximum absolute atomic E-state index is 12.6. The molecule has 3 rings (SSSR count). The topological polar surface area (TPSA) is 66.8 Å². The fourth-order valence-electron chi connectivity index (χ4n) is 3.67. The van der Waals surface area contributed by atoms with E-state index in [4.69, 9.17) is 0 Å². The lowest BCUT2D eigenvalue weighted by molar-refractivity contribution is -0.121. The molecular weight excluding hydrogens is 368 g/mol. The number of thioether (sulfide) groups is 1. The summed E-state index contributed by atoms with van der Waals surface area (Å²) < 4.78 is 24.3. The second-order valence-corrected chi connectivity index (χ2v) is 10.5. The number of hydrogen-bond donors (Lipinski definition) is 0. The van der Waals surface area contributed by atoms with Crippen LogP contribution in [-0.2, 0) is 14.6 Å². The molecular formula is C19H26N2O3S2. The highest BCUT2D eigenvalue weighted by Crippen LogP contribution is 2.42. The fraction of sp³-hybridized carbons (Fsp3) is 0.579. The zero-order chi connectivity index (χ0) is 19.1. The molecule has 0 saturated carbocycles. The lowest BCUT2D eigenvalue weighted by atomic mass is 10.0. The van der Waals surface area contributed by atoms with Crippen LogP contribution in [0.5, 0.6) is 0 Å². The molecule has 1 aromatic carbocycles. The Hall–Kier alpha value is -1.34. The number of carbonyl (C=O) groups is 1. The Bertz CT molecular complexity index is 844. The van der Waals surface area contributed by atoms with Crippen LogP contribution in [0.1, 0.15) is 37.8 Å². The van der Waals surface area contributed by atoms with Crippen LogP contribution in [0.2, 0.25) is 0 Å². The van der Waals surface area contributed by atoms with Gasteiger partial charge in [0.2, 0.25) is 0 Å². The van der Waals surface area contributed by atoms with Crippen molar-refractivity contribution < 1.29 is 13.2 Å². The monoisotopic (exact) mass is 394 g/mol. The molecule has 0 aromatic heterocycles. The van der Waals surface area contributed by atoms with Crippen molar-refractivity contribution in [1.29, 1.82) is 0 Å². The van der Waals surface area contributed by atoms with Gasteiger partial charge in [0.05, 0.1) is 17.5 Å². The van der Waals surface area contributed by atoms with E-state index in [0.29, 0.717) is 5.17 Å². The molecule has 7 heteroatoms. The average molecular weight is 395 g/mol. The summed E-state index contributed by atoms with van der Waals surface area (Å²) >= 11 is 1.44. The molecule has 2 saturated heterocycles. The van der Waals surface area contributed by atoms with Crippen molar-refractivity contribution in [3.05, 3.63) is 29.3 Å². The molecule has 0 spiro atoms. The first-order chi connectivity index (χ1) is 12.3. The van der Waals surface area contributed by atoms with Crippen LogP contribution in [-0.4, -0.2) is 42.3 Å². The third-order valence-electron chi connectivity index (χ3n) is 5.44. The first kappa shape index (κ1) is 19.4. The van der Waals surface area contributed by atoms with Gasteiger partial charge >= 0.3 is 0 Å². The molecule has 2 aliphatic heterocycles. The minimum Gasteiger partial charge on any atom is -0.315 e. The van der Waals surface area contributed by atoms with E-state index < -0.39 is 9.84 Å². The largest absolute Gasteiger partial charge is 0.315 e. The SMILES string of the molecule is CCC(CC)C(=O)N=C1S[C@@H]2CS(=O)(=O)C[C@@H]2N1c1cccc(C)c1C. The number of benzene rings is 1. The molecule has 1 amide bonds. The Kier molecular flexibility index (Phi) is 5.49. The highest BCUT2D eigenvalue weighted by atomic mass is 32.2. The smallest absolute Gasteiger partial charge is 0.251 e. The summed E-state index contributed by atoms with van der Waals surface area (Å²) in [5.41, 5.74) is 3.20. The number of carbonyl (C=O) groups excluding carboxylic acids is 1. The summed E-state index contributed by atoms with van der Waals surface area (Å²) in [5.74, 6) is 0.0985. The number of aryl methyl sites for hydroxylation is 1. The van der Waals surface area contributed by atoms with E-state index in [2.05, 4.69) is 4.99 Å². The molecule has 0 radical (unpaired) electrons. The van der Waals surface area contributed by atoms with Gasteiger partial charge in [0.25, 0.3) is 5.91 Å². The van der Waals surface area contributed by atoms with Crippen LogP contribution in [0.25, 0.3) is 0 Å². The fourth-order valence-corrected chi connectivity index (χ4v) is 7.58. The van der Waals surface area contributed by atoms with Crippen LogP contribution in [0.3, 0.4) is 0 Å². The normalized spacial score (nSPS) is 25.9. The molecule has 2 aliphatic rings. The van der Waals surface area contributed by atoms with Crippen molar-refractivity contribution in [2.45, 2.75) is 51.8 Å². The maximum Gasteiger partial charge on any atom is 0.251 e. The van der Waals surface area contributed by atoms with Gasteiger partial charge in [-0.05, 0) is 43.9 Å². The minimum absolute atomic E-state index is 0.0619. The van der Waals surface area contributed by atoms with Crippen molar-refractivity contribution >= 4 is 38.4 Å². The predicted octanol–water partition coefficient (Wildman–Crippen LogP) is 3.34. The van der Waals surface area contributed by atoms with E-state index >= 15 is 0 Å². The van der Waals surface area contributed by atoms with Crippen LogP contribution < -0.4 is 4.90 Å². The van der Waals surface area contributed by atoms with E-state index in [-0.39, 0.29) is 34.6 Å². The molecule has 2 atom stereocenters. The molecule has 0 aliphatic carbocycles. The number of nitrogens with zero attached hydrogens (tertiary/aromatic N) is 2. The van der Waals surface area contributed by atoms with Gasteiger partial charge in [-0.25, -0.2) is 8.42 Å². The molecule has 0 unspecified atom stereocenters. The van der Waals surface area contributed by atoms with Gasteiger partial charge in [-0.2, -0.15) is 4.99 Å². The maximum atomic E-state index is 12.6. The summed E-state index contributed by atoms with van der Waals surface area (Å²) in [6.45, 7) is 8.07. The standard InChI is InChI=1S/C19H26N2O3S2/c1-5-14(6-2)18(22)20-19-21(15-9-7-8-12(3)13(15)4)16-10-26(23,24)11-17(16)25-19/h7-9,14,16-17H,5-6,10-11H2,1-4H3/t16-,17+/m0/s1. The zero-order valence-corrected chi connectivity index (χ0v) is 17.4. The van der Waals surface area contributed by atoms with Crippen molar-refractivity contribution in [2.24, 2.45) is 10.9 Å². The Morgan fingerprint density at radius 1 is 1.27 bits per heavy atom. The van der Waals surface area contributed by atoms with Crippen LogP contribution >= 0.6 is 11.8 Å². The number of rotatable bonds is 4. The summed E-state index contributed by atoms with van der Waals surface area (Å²) in [6, 6.07) is 5.85. The van der Waals surface area contributed by atoms with Gasteiger partial charge in [0.1, 0.15) is 0 Å². The number of sulfone groups is 1. The Balaban J connectivity index is 2.04. The van der Waals surface area contributed by atoms with Crippen LogP contribution in [0, 0.1) is 19.8 Å². The lowest BCUT2D eigenvalue weighted by Crippen LogP contribution is -2.38. The van der Waals surface area contributed by atoms with Gasteiger partial charge < -0.3 is 4.90 Å². The zero-order valence-electron chi connectivity index (χ0n) is 15.7. The summed E-state index contributed by atoms with van der Waals surface area (Å²) in [4.78, 5) is 19.0. The lowest BCUT2D eigenvalue weighted by Gasteiger charge is -2.27. The third kappa shape index (κ3) is 3.56. The van der Waals surface area contributed by atoms with Crippen molar-refractivity contribution in [3.8, 4) is 0 Å². The van der Waals surface area contributed by atoms with Gasteiger partial charge in [-0.3, -0.25) is 4.79 Å². The number of aliphatic imine (C=N–C) groups is 1.